The molecule has 0 spiro atoms. The molecule has 2 N–H and O–H groups in total. The summed E-state index contributed by atoms with van der Waals surface area (Å²) in [5.74, 6) is 0.289. The molecule has 0 aliphatic carbocycles. The number of hydrogen-bond acceptors (Lipinski definition) is 4. The number of aromatic nitrogens is 2. The molecule has 5 heteroatoms. The number of halogens is 1. The lowest BCUT2D eigenvalue weighted by atomic mass is 10.1. The molecule has 3 nitrogen and oxygen atoms in total. The molecule has 0 aliphatic rings. The van der Waals surface area contributed by atoms with Crippen molar-refractivity contribution in [2.24, 2.45) is 5.73 Å². The Morgan fingerprint density at radius 1 is 1.15 bits per heavy atom. The molecule has 0 amide bonds. The zero-order valence-electron chi connectivity index (χ0n) is 11.9. The van der Waals surface area contributed by atoms with Crippen LogP contribution in [0.25, 0.3) is 0 Å². The Kier molecular flexibility index (Phi) is 4.73. The predicted octanol–water partition coefficient (Wildman–Crippen LogP) is 3.29. The van der Waals surface area contributed by atoms with Crippen molar-refractivity contribution in [1.29, 1.82) is 0 Å². The Balaban J connectivity index is 2.16. The molecule has 0 radical (unpaired) electrons. The van der Waals surface area contributed by atoms with Gasteiger partial charge in [-0.1, -0.05) is 23.9 Å². The van der Waals surface area contributed by atoms with Gasteiger partial charge in [-0.3, -0.25) is 0 Å². The van der Waals surface area contributed by atoms with Crippen LogP contribution in [0.4, 0.5) is 4.39 Å². The first-order valence-electron chi connectivity index (χ1n) is 6.43. The van der Waals surface area contributed by atoms with Crippen LogP contribution >= 0.6 is 11.8 Å². The van der Waals surface area contributed by atoms with Crippen LogP contribution in [-0.4, -0.2) is 9.97 Å². The summed E-state index contributed by atoms with van der Waals surface area (Å²) in [5, 5.41) is 0.683. The molecular formula is C15H18FN3S. The monoisotopic (exact) mass is 291 g/mol. The fourth-order valence-electron chi connectivity index (χ4n) is 1.81. The van der Waals surface area contributed by atoms with Crippen LogP contribution in [0, 0.1) is 26.6 Å². The Labute approximate surface area is 122 Å². The van der Waals surface area contributed by atoms with Crippen molar-refractivity contribution < 1.29 is 4.39 Å². The summed E-state index contributed by atoms with van der Waals surface area (Å²) in [6, 6.07) is 4.97. The van der Waals surface area contributed by atoms with E-state index in [0.717, 1.165) is 22.5 Å². The zero-order chi connectivity index (χ0) is 14.7. The van der Waals surface area contributed by atoms with E-state index in [1.54, 1.807) is 12.1 Å². The maximum atomic E-state index is 13.7. The molecule has 0 fully saturated rings. The second kappa shape index (κ2) is 6.33. The van der Waals surface area contributed by atoms with Crippen LogP contribution < -0.4 is 5.73 Å². The van der Waals surface area contributed by atoms with Gasteiger partial charge in [0.25, 0.3) is 0 Å². The topological polar surface area (TPSA) is 51.8 Å². The molecular weight excluding hydrogens is 273 g/mol. The lowest BCUT2D eigenvalue weighted by Gasteiger charge is -2.08. The summed E-state index contributed by atoms with van der Waals surface area (Å²) in [6.07, 6.45) is 0. The van der Waals surface area contributed by atoms with E-state index in [4.69, 9.17) is 5.73 Å². The molecule has 1 aromatic carbocycles. The third kappa shape index (κ3) is 3.35. The minimum Gasteiger partial charge on any atom is -0.326 e. The average molecular weight is 291 g/mol. The summed E-state index contributed by atoms with van der Waals surface area (Å²) in [6.45, 7) is 6.34. The summed E-state index contributed by atoms with van der Waals surface area (Å²) < 4.78 is 13.7. The first-order chi connectivity index (χ1) is 9.51. The molecule has 0 unspecified atom stereocenters. The van der Waals surface area contributed by atoms with Crippen LogP contribution in [0.5, 0.6) is 0 Å². The number of nitrogens with zero attached hydrogens (tertiary/aromatic N) is 2. The fourth-order valence-corrected chi connectivity index (χ4v) is 2.72. The highest BCUT2D eigenvalue weighted by Gasteiger charge is 2.08. The van der Waals surface area contributed by atoms with Crippen molar-refractivity contribution in [3.63, 3.8) is 0 Å². The van der Waals surface area contributed by atoms with E-state index < -0.39 is 0 Å². The molecule has 2 aromatic rings. The van der Waals surface area contributed by atoms with Crippen LogP contribution in [0.1, 0.15) is 28.1 Å². The number of thioether (sulfide) groups is 1. The van der Waals surface area contributed by atoms with Crippen molar-refractivity contribution in [3.8, 4) is 0 Å². The smallest absolute Gasteiger partial charge is 0.188 e. The number of aryl methyl sites for hydroxylation is 2. The van der Waals surface area contributed by atoms with E-state index in [2.05, 4.69) is 9.97 Å². The van der Waals surface area contributed by atoms with E-state index in [1.807, 2.05) is 20.8 Å². The minimum absolute atomic E-state index is 0.213. The first-order valence-corrected chi connectivity index (χ1v) is 7.42. The van der Waals surface area contributed by atoms with Crippen LogP contribution in [0.15, 0.2) is 23.4 Å². The molecule has 0 aliphatic heterocycles. The standard InChI is InChI=1S/C15H18FN3S/c1-9-10(2)18-15(19-11(9)3)20-8-13-6-12(7-17)4-5-14(13)16/h4-6H,7-8,17H2,1-3H3. The van der Waals surface area contributed by atoms with E-state index in [9.17, 15) is 4.39 Å². The molecule has 106 valence electrons. The molecule has 0 bridgehead atoms. The van der Waals surface area contributed by atoms with Gasteiger partial charge in [0.2, 0.25) is 0 Å². The Hall–Kier alpha value is -1.46. The highest BCUT2D eigenvalue weighted by atomic mass is 32.2. The van der Waals surface area contributed by atoms with Gasteiger partial charge in [-0.05, 0) is 43.5 Å². The van der Waals surface area contributed by atoms with Gasteiger partial charge < -0.3 is 5.73 Å². The summed E-state index contributed by atoms with van der Waals surface area (Å²) in [5.41, 5.74) is 10.2. The van der Waals surface area contributed by atoms with Gasteiger partial charge in [-0.2, -0.15) is 0 Å². The van der Waals surface area contributed by atoms with E-state index >= 15 is 0 Å². The summed E-state index contributed by atoms with van der Waals surface area (Å²) in [4.78, 5) is 8.85. The van der Waals surface area contributed by atoms with Gasteiger partial charge >= 0.3 is 0 Å². The molecule has 2 rings (SSSR count). The minimum atomic E-state index is -0.213. The van der Waals surface area contributed by atoms with E-state index in [-0.39, 0.29) is 5.82 Å². The molecule has 20 heavy (non-hydrogen) atoms. The van der Waals surface area contributed by atoms with Gasteiger partial charge in [0.05, 0.1) is 0 Å². The second-order valence-corrected chi connectivity index (χ2v) is 5.66. The SMILES string of the molecule is Cc1nc(SCc2cc(CN)ccc2F)nc(C)c1C. The van der Waals surface area contributed by atoms with E-state index in [1.165, 1.54) is 17.8 Å². The number of benzene rings is 1. The normalized spacial score (nSPS) is 10.8. The highest BCUT2D eigenvalue weighted by molar-refractivity contribution is 7.98. The molecule has 1 heterocycles. The van der Waals surface area contributed by atoms with Crippen LogP contribution in [-0.2, 0) is 12.3 Å². The number of rotatable bonds is 4. The lowest BCUT2D eigenvalue weighted by Crippen LogP contribution is -2.00. The number of hydrogen-bond donors (Lipinski definition) is 1. The Morgan fingerprint density at radius 3 is 2.40 bits per heavy atom. The fraction of sp³-hybridized carbons (Fsp3) is 0.333. The van der Waals surface area contributed by atoms with Crippen molar-refractivity contribution in [2.45, 2.75) is 38.2 Å². The molecule has 1 aromatic heterocycles. The molecule has 0 atom stereocenters. The largest absolute Gasteiger partial charge is 0.326 e. The average Bonchev–Trinajstić information content (AvgIpc) is 2.43. The summed E-state index contributed by atoms with van der Waals surface area (Å²) >= 11 is 1.44. The maximum Gasteiger partial charge on any atom is 0.188 e. The van der Waals surface area contributed by atoms with Gasteiger partial charge in [0, 0.05) is 23.7 Å². The second-order valence-electron chi connectivity index (χ2n) is 4.72. The number of nitrogens with two attached hydrogens (primary N) is 1. The van der Waals surface area contributed by atoms with Crippen molar-refractivity contribution in [2.75, 3.05) is 0 Å². The highest BCUT2D eigenvalue weighted by Crippen LogP contribution is 2.23. The van der Waals surface area contributed by atoms with Crippen molar-refractivity contribution in [3.05, 3.63) is 52.1 Å². The predicted molar refractivity (Wildman–Crippen MR) is 80.1 cm³/mol. The van der Waals surface area contributed by atoms with Gasteiger partial charge in [-0.25, -0.2) is 14.4 Å². The van der Waals surface area contributed by atoms with Crippen LogP contribution in [0.3, 0.4) is 0 Å². The third-order valence-corrected chi connectivity index (χ3v) is 4.21. The Bertz CT molecular complexity index is 606. The van der Waals surface area contributed by atoms with Gasteiger partial charge in [0.15, 0.2) is 5.16 Å². The maximum absolute atomic E-state index is 13.7. The lowest BCUT2D eigenvalue weighted by molar-refractivity contribution is 0.616. The van der Waals surface area contributed by atoms with Crippen molar-refractivity contribution in [1.82, 2.24) is 9.97 Å². The molecule has 0 saturated heterocycles. The quantitative estimate of drug-likeness (QED) is 0.693. The van der Waals surface area contributed by atoms with Crippen LogP contribution in [0.2, 0.25) is 0 Å². The third-order valence-electron chi connectivity index (χ3n) is 3.31. The van der Waals surface area contributed by atoms with Crippen molar-refractivity contribution >= 4 is 11.8 Å². The van der Waals surface area contributed by atoms with Gasteiger partial charge in [0.1, 0.15) is 5.82 Å². The molecule has 0 saturated carbocycles. The first kappa shape index (κ1) is 14.9. The van der Waals surface area contributed by atoms with Gasteiger partial charge in [-0.15, -0.1) is 0 Å². The van der Waals surface area contributed by atoms with E-state index in [0.29, 0.717) is 23.0 Å². The summed E-state index contributed by atoms with van der Waals surface area (Å²) in [7, 11) is 0. The zero-order valence-corrected chi connectivity index (χ0v) is 12.7. The Morgan fingerprint density at radius 2 is 1.80 bits per heavy atom.